The molecule has 1 aromatic carbocycles. The number of aliphatic hydroxyl groups is 1. The van der Waals surface area contributed by atoms with E-state index in [2.05, 4.69) is 29.1 Å². The van der Waals surface area contributed by atoms with Gasteiger partial charge in [0, 0.05) is 38.1 Å². The van der Waals surface area contributed by atoms with Crippen LogP contribution in [0.25, 0.3) is 0 Å². The van der Waals surface area contributed by atoms with Crippen LogP contribution in [0, 0.1) is 0 Å². The SMILES string of the molecule is CN1CCc2cc(C(O)Cc3ccncc3Cl)ccc21. The molecule has 2 heterocycles. The van der Waals surface area contributed by atoms with E-state index in [0.29, 0.717) is 11.4 Å². The van der Waals surface area contributed by atoms with Gasteiger partial charge in [-0.3, -0.25) is 4.98 Å². The Morgan fingerprint density at radius 2 is 2.25 bits per heavy atom. The van der Waals surface area contributed by atoms with Crippen molar-refractivity contribution >= 4 is 17.3 Å². The second-order valence-electron chi connectivity index (χ2n) is 5.25. The number of nitrogens with zero attached hydrogens (tertiary/aromatic N) is 2. The quantitative estimate of drug-likeness (QED) is 0.943. The van der Waals surface area contributed by atoms with Crippen LogP contribution in [-0.2, 0) is 12.8 Å². The second kappa shape index (κ2) is 5.43. The van der Waals surface area contributed by atoms with Gasteiger partial charge >= 0.3 is 0 Å². The highest BCUT2D eigenvalue weighted by Crippen LogP contribution is 2.30. The summed E-state index contributed by atoms with van der Waals surface area (Å²) in [5, 5.41) is 11.0. The van der Waals surface area contributed by atoms with Crippen LogP contribution >= 0.6 is 11.6 Å². The normalized spacial score (nSPS) is 15.2. The van der Waals surface area contributed by atoms with Gasteiger partial charge in [-0.1, -0.05) is 23.7 Å². The lowest BCUT2D eigenvalue weighted by Crippen LogP contribution is -2.12. The Bertz CT molecular complexity index is 630. The number of aliphatic hydroxyl groups excluding tert-OH is 1. The fourth-order valence-corrected chi connectivity index (χ4v) is 2.89. The van der Waals surface area contributed by atoms with Crippen LogP contribution < -0.4 is 4.90 Å². The largest absolute Gasteiger partial charge is 0.388 e. The molecule has 1 N–H and O–H groups in total. The fourth-order valence-electron chi connectivity index (χ4n) is 2.69. The molecule has 0 aliphatic carbocycles. The smallest absolute Gasteiger partial charge is 0.0831 e. The summed E-state index contributed by atoms with van der Waals surface area (Å²) in [6.45, 7) is 1.05. The number of aromatic nitrogens is 1. The van der Waals surface area contributed by atoms with Gasteiger partial charge in [-0.25, -0.2) is 0 Å². The molecule has 4 heteroatoms. The number of rotatable bonds is 3. The van der Waals surface area contributed by atoms with Gasteiger partial charge in [0.05, 0.1) is 11.1 Å². The van der Waals surface area contributed by atoms with Crippen molar-refractivity contribution in [2.75, 3.05) is 18.5 Å². The van der Waals surface area contributed by atoms with Crippen LogP contribution in [0.1, 0.15) is 22.8 Å². The van der Waals surface area contributed by atoms with Crippen LogP contribution in [0.5, 0.6) is 0 Å². The second-order valence-corrected chi connectivity index (χ2v) is 5.65. The van der Waals surface area contributed by atoms with E-state index in [4.69, 9.17) is 11.6 Å². The summed E-state index contributed by atoms with van der Waals surface area (Å²) in [6, 6.07) is 8.06. The molecule has 0 fully saturated rings. The predicted octanol–water partition coefficient (Wildman–Crippen LogP) is 3.00. The van der Waals surface area contributed by atoms with E-state index < -0.39 is 6.10 Å². The van der Waals surface area contributed by atoms with Gasteiger partial charge in [-0.05, 0) is 35.2 Å². The van der Waals surface area contributed by atoms with Crippen LogP contribution in [0.15, 0.2) is 36.7 Å². The van der Waals surface area contributed by atoms with Gasteiger partial charge < -0.3 is 10.0 Å². The number of pyridine rings is 1. The summed E-state index contributed by atoms with van der Waals surface area (Å²) in [5.41, 5.74) is 4.45. The van der Waals surface area contributed by atoms with Crippen molar-refractivity contribution in [2.45, 2.75) is 18.9 Å². The number of hydrogen-bond acceptors (Lipinski definition) is 3. The fraction of sp³-hybridized carbons (Fsp3) is 0.312. The summed E-state index contributed by atoms with van der Waals surface area (Å²) < 4.78 is 0. The summed E-state index contributed by atoms with van der Waals surface area (Å²) in [5.74, 6) is 0. The number of benzene rings is 1. The molecule has 3 nitrogen and oxygen atoms in total. The Hall–Kier alpha value is -1.58. The molecule has 0 bridgehead atoms. The van der Waals surface area contributed by atoms with E-state index >= 15 is 0 Å². The molecular formula is C16H17ClN2O. The van der Waals surface area contributed by atoms with Gasteiger partial charge in [0.1, 0.15) is 0 Å². The lowest BCUT2D eigenvalue weighted by molar-refractivity contribution is 0.178. The highest BCUT2D eigenvalue weighted by atomic mass is 35.5. The molecular weight excluding hydrogens is 272 g/mol. The number of hydrogen-bond donors (Lipinski definition) is 1. The molecule has 0 saturated heterocycles. The molecule has 1 aromatic heterocycles. The first-order chi connectivity index (χ1) is 9.65. The maximum atomic E-state index is 10.4. The van der Waals surface area contributed by atoms with E-state index in [-0.39, 0.29) is 0 Å². The highest BCUT2D eigenvalue weighted by Gasteiger charge is 2.18. The molecule has 2 aromatic rings. The lowest BCUT2D eigenvalue weighted by Gasteiger charge is -2.15. The molecule has 3 rings (SSSR count). The van der Waals surface area contributed by atoms with E-state index in [1.807, 2.05) is 12.1 Å². The van der Waals surface area contributed by atoms with Crippen molar-refractivity contribution in [3.05, 3.63) is 58.4 Å². The van der Waals surface area contributed by atoms with Crippen LogP contribution in [0.2, 0.25) is 5.02 Å². The van der Waals surface area contributed by atoms with Crippen LogP contribution in [0.3, 0.4) is 0 Å². The van der Waals surface area contributed by atoms with Gasteiger partial charge in [-0.15, -0.1) is 0 Å². The Labute approximate surface area is 123 Å². The van der Waals surface area contributed by atoms with Crippen molar-refractivity contribution in [3.63, 3.8) is 0 Å². The van der Waals surface area contributed by atoms with Crippen molar-refractivity contribution in [2.24, 2.45) is 0 Å². The molecule has 20 heavy (non-hydrogen) atoms. The molecule has 1 aliphatic rings. The standard InChI is InChI=1S/C16H17ClN2O/c1-19-7-5-12-8-13(2-3-15(12)19)16(20)9-11-4-6-18-10-14(11)17/h2-4,6,8,10,16,20H,5,7,9H2,1H3. The topological polar surface area (TPSA) is 36.4 Å². The molecule has 104 valence electrons. The van der Waals surface area contributed by atoms with Crippen molar-refractivity contribution in [1.82, 2.24) is 4.98 Å². The maximum Gasteiger partial charge on any atom is 0.0831 e. The average Bonchev–Trinajstić information content (AvgIpc) is 2.82. The van der Waals surface area contributed by atoms with E-state index in [1.54, 1.807) is 12.4 Å². The zero-order valence-electron chi connectivity index (χ0n) is 11.4. The third kappa shape index (κ3) is 2.51. The van der Waals surface area contributed by atoms with Crippen molar-refractivity contribution < 1.29 is 5.11 Å². The van der Waals surface area contributed by atoms with Gasteiger partial charge in [0.25, 0.3) is 0 Å². The lowest BCUT2D eigenvalue weighted by atomic mass is 9.99. The molecule has 0 saturated carbocycles. The van der Waals surface area contributed by atoms with Crippen LogP contribution in [0.4, 0.5) is 5.69 Å². The molecule has 1 atom stereocenters. The van der Waals surface area contributed by atoms with E-state index in [9.17, 15) is 5.11 Å². The summed E-state index contributed by atoms with van der Waals surface area (Å²) in [7, 11) is 2.10. The van der Waals surface area contributed by atoms with Gasteiger partial charge in [-0.2, -0.15) is 0 Å². The van der Waals surface area contributed by atoms with Crippen LogP contribution in [-0.4, -0.2) is 23.7 Å². The summed E-state index contributed by atoms with van der Waals surface area (Å²) >= 11 is 6.09. The van der Waals surface area contributed by atoms with Crippen molar-refractivity contribution in [3.8, 4) is 0 Å². The monoisotopic (exact) mass is 288 g/mol. The average molecular weight is 289 g/mol. The number of likely N-dealkylation sites (N-methyl/N-ethyl adjacent to an activating group) is 1. The molecule has 0 spiro atoms. The Balaban J connectivity index is 1.81. The minimum absolute atomic E-state index is 0.510. The summed E-state index contributed by atoms with van der Waals surface area (Å²) in [4.78, 5) is 6.20. The van der Waals surface area contributed by atoms with Gasteiger partial charge in [0.15, 0.2) is 0 Å². The molecule has 1 aliphatic heterocycles. The maximum absolute atomic E-state index is 10.4. The number of fused-ring (bicyclic) bond motifs is 1. The first-order valence-corrected chi connectivity index (χ1v) is 7.13. The third-order valence-corrected chi connectivity index (χ3v) is 4.23. The molecule has 0 radical (unpaired) electrons. The Kier molecular flexibility index (Phi) is 3.64. The third-order valence-electron chi connectivity index (χ3n) is 3.89. The minimum atomic E-state index is -0.536. The molecule has 1 unspecified atom stereocenters. The first-order valence-electron chi connectivity index (χ1n) is 6.75. The zero-order chi connectivity index (χ0) is 14.1. The van der Waals surface area contributed by atoms with E-state index in [1.165, 1.54) is 11.3 Å². The highest BCUT2D eigenvalue weighted by molar-refractivity contribution is 6.31. The minimum Gasteiger partial charge on any atom is -0.388 e. The first kappa shape index (κ1) is 13.4. The van der Waals surface area contributed by atoms with E-state index in [0.717, 1.165) is 24.1 Å². The molecule has 0 amide bonds. The predicted molar refractivity (Wildman–Crippen MR) is 81.3 cm³/mol. The zero-order valence-corrected chi connectivity index (χ0v) is 12.1. The number of halogens is 1. The van der Waals surface area contributed by atoms with Crippen molar-refractivity contribution in [1.29, 1.82) is 0 Å². The Morgan fingerprint density at radius 3 is 3.05 bits per heavy atom. The number of anilines is 1. The van der Waals surface area contributed by atoms with Gasteiger partial charge in [0.2, 0.25) is 0 Å². The summed E-state index contributed by atoms with van der Waals surface area (Å²) in [6.07, 6.45) is 4.33. The Morgan fingerprint density at radius 1 is 1.40 bits per heavy atom.